The molecule has 0 bridgehead atoms. The zero-order chi connectivity index (χ0) is 29.1. The Labute approximate surface area is 228 Å². The van der Waals surface area contributed by atoms with Crippen LogP contribution in [0.5, 0.6) is 0 Å². The fraction of sp³-hybridized carbons (Fsp3) is 0.700. The molecule has 1 rings (SSSR count). The van der Waals surface area contributed by atoms with Crippen LogP contribution in [0.3, 0.4) is 0 Å². The minimum Gasteiger partial charge on any atom is -0.460 e. The van der Waals surface area contributed by atoms with Crippen LogP contribution < -0.4 is 5.32 Å². The summed E-state index contributed by atoms with van der Waals surface area (Å²) in [6, 6.07) is 6.95. The summed E-state index contributed by atoms with van der Waals surface area (Å²) >= 11 is 0. The smallest absolute Gasteiger partial charge is 0.408 e. The van der Waals surface area contributed by atoms with Gasteiger partial charge in [0.15, 0.2) is 0 Å². The van der Waals surface area contributed by atoms with Crippen molar-refractivity contribution in [1.82, 2.24) is 5.32 Å². The van der Waals surface area contributed by atoms with Gasteiger partial charge < -0.3 is 19.5 Å². The zero-order valence-corrected chi connectivity index (χ0v) is 24.7. The summed E-state index contributed by atoms with van der Waals surface area (Å²) in [7, 11) is 0. The molecule has 1 amide bonds. The average Bonchev–Trinajstić information content (AvgIpc) is 2.73. The summed E-state index contributed by atoms with van der Waals surface area (Å²) < 4.78 is 29.0. The molecule has 0 aliphatic rings. The van der Waals surface area contributed by atoms with E-state index in [4.69, 9.17) is 14.2 Å². The molecule has 7 nitrogen and oxygen atoms in total. The Morgan fingerprint density at radius 3 is 1.63 bits per heavy atom. The number of amides is 1. The van der Waals surface area contributed by atoms with Gasteiger partial charge in [0.2, 0.25) is 0 Å². The fourth-order valence-electron chi connectivity index (χ4n) is 3.73. The number of nitrogens with one attached hydrogen (secondary N) is 1. The molecule has 0 fully saturated rings. The second-order valence-corrected chi connectivity index (χ2v) is 12.7. The van der Waals surface area contributed by atoms with Crippen LogP contribution in [0.2, 0.25) is 0 Å². The number of rotatable bonds is 12. The Morgan fingerprint density at radius 1 is 0.737 bits per heavy atom. The maximum Gasteiger partial charge on any atom is 0.408 e. The SMILES string of the molecule is CC(C)(C)OC(=O)N[C@H](CC(CCCc1ccc(CCCF)cc1)C(=O)OC(C)(C)C)C(=O)OC(C)(C)C. The molecule has 1 N–H and O–H groups in total. The number of alkyl halides is 1. The van der Waals surface area contributed by atoms with Crippen LogP contribution >= 0.6 is 0 Å². The highest BCUT2D eigenvalue weighted by atomic mass is 19.1. The van der Waals surface area contributed by atoms with E-state index < -0.39 is 46.8 Å². The van der Waals surface area contributed by atoms with Gasteiger partial charge in [-0.1, -0.05) is 24.3 Å². The van der Waals surface area contributed by atoms with Gasteiger partial charge in [0.25, 0.3) is 0 Å². The first-order chi connectivity index (χ1) is 17.4. The number of hydrogen-bond acceptors (Lipinski definition) is 6. The van der Waals surface area contributed by atoms with E-state index in [0.717, 1.165) is 17.5 Å². The lowest BCUT2D eigenvalue weighted by Crippen LogP contribution is -2.47. The monoisotopic (exact) mass is 537 g/mol. The number of carbonyl (C=O) groups excluding carboxylic acids is 3. The molecular formula is C30H48FNO6. The standard InChI is InChI=1S/C30H48FNO6/c1-28(2,3)36-25(33)23(14-10-12-21-15-17-22(18-16-21)13-11-19-31)20-24(26(34)37-29(4,5)6)32-27(35)38-30(7,8)9/h15-18,23-24H,10-14,19-20H2,1-9H3,(H,32,35)/t23?,24-/m1/s1. The molecule has 0 aliphatic heterocycles. The number of halogens is 1. The molecule has 0 saturated heterocycles. The molecule has 1 aromatic rings. The molecule has 0 heterocycles. The first kappa shape index (κ1) is 33.4. The molecule has 216 valence electrons. The normalized spacial score (nSPS) is 13.8. The molecule has 0 radical (unpaired) electrons. The second kappa shape index (κ2) is 14.5. The Hall–Kier alpha value is -2.64. The van der Waals surface area contributed by atoms with Gasteiger partial charge in [0, 0.05) is 0 Å². The van der Waals surface area contributed by atoms with Gasteiger partial charge >= 0.3 is 18.0 Å². The molecule has 2 atom stereocenters. The maximum absolute atomic E-state index is 13.2. The third kappa shape index (κ3) is 14.9. The molecule has 0 aromatic heterocycles. The minimum absolute atomic E-state index is 0.0191. The minimum atomic E-state index is -1.09. The van der Waals surface area contributed by atoms with E-state index in [1.54, 1.807) is 62.3 Å². The topological polar surface area (TPSA) is 90.9 Å². The van der Waals surface area contributed by atoms with Crippen molar-refractivity contribution < 1.29 is 33.0 Å². The predicted molar refractivity (Wildman–Crippen MR) is 147 cm³/mol. The van der Waals surface area contributed by atoms with Crippen molar-refractivity contribution in [3.8, 4) is 0 Å². The van der Waals surface area contributed by atoms with E-state index in [1.807, 2.05) is 24.3 Å². The number of ether oxygens (including phenoxy) is 3. The molecule has 8 heteroatoms. The quantitative estimate of drug-likeness (QED) is 0.242. The number of hydrogen-bond donors (Lipinski definition) is 1. The zero-order valence-electron chi connectivity index (χ0n) is 24.7. The summed E-state index contributed by atoms with van der Waals surface area (Å²) in [5.41, 5.74) is -0.0406. The lowest BCUT2D eigenvalue weighted by atomic mass is 9.92. The van der Waals surface area contributed by atoms with Crippen LogP contribution in [-0.4, -0.2) is 47.6 Å². The summed E-state index contributed by atoms with van der Waals surface area (Å²) in [5, 5.41) is 2.61. The number of carbonyl (C=O) groups is 3. The molecule has 0 spiro atoms. The predicted octanol–water partition coefficient (Wildman–Crippen LogP) is 6.49. The van der Waals surface area contributed by atoms with Gasteiger partial charge in [-0.15, -0.1) is 0 Å². The van der Waals surface area contributed by atoms with Crippen LogP contribution in [0.1, 0.15) is 99.1 Å². The van der Waals surface area contributed by atoms with E-state index in [-0.39, 0.29) is 13.1 Å². The van der Waals surface area contributed by atoms with Crippen molar-refractivity contribution in [2.45, 2.75) is 124 Å². The van der Waals surface area contributed by atoms with Crippen LogP contribution in [-0.2, 0) is 36.6 Å². The third-order valence-electron chi connectivity index (χ3n) is 5.28. The number of alkyl carbamates (subject to hydrolysis) is 1. The summed E-state index contributed by atoms with van der Waals surface area (Å²) in [6.45, 7) is 15.4. The molecule has 0 aliphatic carbocycles. The average molecular weight is 538 g/mol. The Balaban J connectivity index is 3.04. The summed E-state index contributed by atoms with van der Waals surface area (Å²) in [5.74, 6) is -1.72. The van der Waals surface area contributed by atoms with Gasteiger partial charge in [-0.2, -0.15) is 0 Å². The molecule has 0 saturated carbocycles. The highest BCUT2D eigenvalue weighted by Gasteiger charge is 2.34. The molecule has 38 heavy (non-hydrogen) atoms. The van der Waals surface area contributed by atoms with Crippen molar-refractivity contribution in [2.24, 2.45) is 5.92 Å². The van der Waals surface area contributed by atoms with E-state index in [2.05, 4.69) is 5.32 Å². The van der Waals surface area contributed by atoms with Crippen molar-refractivity contribution in [3.63, 3.8) is 0 Å². The van der Waals surface area contributed by atoms with Crippen molar-refractivity contribution in [3.05, 3.63) is 35.4 Å². The van der Waals surface area contributed by atoms with Crippen LogP contribution in [0.4, 0.5) is 9.18 Å². The molecule has 1 unspecified atom stereocenters. The van der Waals surface area contributed by atoms with Crippen molar-refractivity contribution >= 4 is 18.0 Å². The first-order valence-electron chi connectivity index (χ1n) is 13.5. The van der Waals surface area contributed by atoms with Crippen LogP contribution in [0.15, 0.2) is 24.3 Å². The van der Waals surface area contributed by atoms with E-state index in [9.17, 15) is 18.8 Å². The van der Waals surface area contributed by atoms with Gasteiger partial charge in [-0.3, -0.25) is 9.18 Å². The van der Waals surface area contributed by atoms with Crippen molar-refractivity contribution in [2.75, 3.05) is 6.67 Å². The van der Waals surface area contributed by atoms with E-state index in [0.29, 0.717) is 25.7 Å². The fourth-order valence-corrected chi connectivity index (χ4v) is 3.73. The van der Waals surface area contributed by atoms with Crippen molar-refractivity contribution in [1.29, 1.82) is 0 Å². The first-order valence-corrected chi connectivity index (χ1v) is 13.5. The molecule has 1 aromatic carbocycles. The third-order valence-corrected chi connectivity index (χ3v) is 5.28. The van der Waals surface area contributed by atoms with Gasteiger partial charge in [-0.25, -0.2) is 9.59 Å². The number of benzene rings is 1. The highest BCUT2D eigenvalue weighted by Crippen LogP contribution is 2.23. The van der Waals surface area contributed by atoms with Gasteiger partial charge in [0.1, 0.15) is 22.8 Å². The van der Waals surface area contributed by atoms with Gasteiger partial charge in [-0.05, 0) is 112 Å². The summed E-state index contributed by atoms with van der Waals surface area (Å²) in [6.07, 6.45) is 2.31. The Morgan fingerprint density at radius 2 is 1.18 bits per heavy atom. The second-order valence-electron chi connectivity index (χ2n) is 12.7. The van der Waals surface area contributed by atoms with Gasteiger partial charge in [0.05, 0.1) is 12.6 Å². The summed E-state index contributed by atoms with van der Waals surface area (Å²) in [4.78, 5) is 38.7. The Bertz CT molecular complexity index is 893. The molecular weight excluding hydrogens is 489 g/mol. The number of esters is 2. The Kier molecular flexibility index (Phi) is 12.7. The highest BCUT2D eigenvalue weighted by molar-refractivity contribution is 5.83. The van der Waals surface area contributed by atoms with E-state index in [1.165, 1.54) is 0 Å². The van der Waals surface area contributed by atoms with Crippen LogP contribution in [0.25, 0.3) is 0 Å². The maximum atomic E-state index is 13.2. The van der Waals surface area contributed by atoms with Crippen LogP contribution in [0, 0.1) is 5.92 Å². The number of aryl methyl sites for hydroxylation is 2. The lowest BCUT2D eigenvalue weighted by molar-refractivity contribution is -0.163. The van der Waals surface area contributed by atoms with E-state index >= 15 is 0 Å². The largest absolute Gasteiger partial charge is 0.460 e. The lowest BCUT2D eigenvalue weighted by Gasteiger charge is -2.29.